The molecule has 0 aromatic carbocycles. The van der Waals surface area contributed by atoms with Gasteiger partial charge in [0, 0.05) is 23.8 Å². The van der Waals surface area contributed by atoms with Gasteiger partial charge in [-0.1, -0.05) is 42.6 Å². The van der Waals surface area contributed by atoms with Crippen molar-refractivity contribution in [3.8, 4) is 0 Å². The molecule has 1 saturated carbocycles. The molecule has 2 rings (SSSR count). The van der Waals surface area contributed by atoms with Gasteiger partial charge in [0.15, 0.2) is 0 Å². The van der Waals surface area contributed by atoms with Gasteiger partial charge in [0.05, 0.1) is 0 Å². The number of hydrogen-bond donors (Lipinski definition) is 0. The third kappa shape index (κ3) is 3.04. The Morgan fingerprint density at radius 1 is 1.24 bits per heavy atom. The van der Waals surface area contributed by atoms with Crippen molar-refractivity contribution < 1.29 is 4.79 Å². The molecule has 2 unspecified atom stereocenters. The highest BCUT2D eigenvalue weighted by atomic mass is 79.9. The average molecular weight is 302 g/mol. The lowest BCUT2D eigenvalue weighted by Gasteiger charge is -2.41. The summed E-state index contributed by atoms with van der Waals surface area (Å²) in [6.45, 7) is 6.41. The zero-order valence-electron chi connectivity index (χ0n) is 11.0. The maximum Gasteiger partial charge on any atom is 0.226 e. The normalized spacial score (nSPS) is 33.5. The van der Waals surface area contributed by atoms with Crippen LogP contribution in [0.5, 0.6) is 0 Å². The van der Waals surface area contributed by atoms with Crippen LogP contribution in [0.3, 0.4) is 0 Å². The Balaban J connectivity index is 2.02. The number of piperidine rings is 1. The molecule has 1 aliphatic heterocycles. The number of alkyl halides is 1. The fourth-order valence-corrected chi connectivity index (χ4v) is 3.97. The van der Waals surface area contributed by atoms with E-state index < -0.39 is 0 Å². The lowest BCUT2D eigenvalue weighted by molar-refractivity contribution is -0.141. The molecule has 0 bridgehead atoms. The number of halogens is 1. The van der Waals surface area contributed by atoms with Crippen LogP contribution in [0.25, 0.3) is 0 Å². The van der Waals surface area contributed by atoms with E-state index in [1.807, 2.05) is 0 Å². The maximum atomic E-state index is 12.6. The summed E-state index contributed by atoms with van der Waals surface area (Å²) in [5, 5.41) is 0. The van der Waals surface area contributed by atoms with Gasteiger partial charge in [-0.15, -0.1) is 0 Å². The van der Waals surface area contributed by atoms with Crippen molar-refractivity contribution in [3.05, 3.63) is 0 Å². The van der Waals surface area contributed by atoms with Crippen LogP contribution in [0.2, 0.25) is 0 Å². The molecule has 0 aromatic rings. The van der Waals surface area contributed by atoms with Crippen molar-refractivity contribution in [3.63, 3.8) is 0 Å². The second-order valence-corrected chi connectivity index (χ2v) is 7.61. The minimum atomic E-state index is 0.203. The summed E-state index contributed by atoms with van der Waals surface area (Å²) < 4.78 is 0. The molecule has 2 fully saturated rings. The third-order valence-electron chi connectivity index (χ3n) is 4.48. The molecular weight excluding hydrogens is 278 g/mol. The van der Waals surface area contributed by atoms with Crippen LogP contribution in [-0.4, -0.2) is 28.7 Å². The van der Waals surface area contributed by atoms with Crippen LogP contribution < -0.4 is 0 Å². The van der Waals surface area contributed by atoms with Crippen LogP contribution in [0.15, 0.2) is 0 Å². The highest BCUT2D eigenvalue weighted by Gasteiger charge is 2.39. The number of nitrogens with zero attached hydrogens (tertiary/aromatic N) is 1. The monoisotopic (exact) mass is 301 g/mol. The minimum Gasteiger partial charge on any atom is -0.341 e. The topological polar surface area (TPSA) is 20.3 Å². The summed E-state index contributed by atoms with van der Waals surface area (Å²) in [5.74, 6) is 0.674. The third-order valence-corrected chi connectivity index (χ3v) is 5.23. The summed E-state index contributed by atoms with van der Waals surface area (Å²) in [6, 6.07) is 0. The minimum absolute atomic E-state index is 0.203. The number of carbonyl (C=O) groups excluding carboxylic acids is 1. The van der Waals surface area contributed by atoms with E-state index in [2.05, 4.69) is 34.7 Å². The van der Waals surface area contributed by atoms with Crippen LogP contribution in [0.4, 0.5) is 0 Å². The summed E-state index contributed by atoms with van der Waals surface area (Å²) in [5.41, 5.74) is 0.203. The van der Waals surface area contributed by atoms with E-state index in [0.29, 0.717) is 10.7 Å². The van der Waals surface area contributed by atoms with E-state index in [9.17, 15) is 4.79 Å². The van der Waals surface area contributed by atoms with E-state index in [1.165, 1.54) is 25.7 Å². The molecule has 98 valence electrons. The van der Waals surface area contributed by atoms with Crippen LogP contribution in [-0.2, 0) is 4.79 Å². The smallest absolute Gasteiger partial charge is 0.226 e. The largest absolute Gasteiger partial charge is 0.341 e. The molecule has 2 nitrogen and oxygen atoms in total. The Morgan fingerprint density at radius 2 is 2.00 bits per heavy atom. The molecule has 2 aliphatic rings. The first kappa shape index (κ1) is 13.4. The van der Waals surface area contributed by atoms with Crippen molar-refractivity contribution in [1.82, 2.24) is 4.90 Å². The van der Waals surface area contributed by atoms with Crippen LogP contribution in [0.1, 0.15) is 52.4 Å². The van der Waals surface area contributed by atoms with E-state index in [0.717, 1.165) is 25.9 Å². The highest BCUT2D eigenvalue weighted by molar-refractivity contribution is 9.09. The molecule has 1 saturated heterocycles. The molecular formula is C14H24BrNO. The summed E-state index contributed by atoms with van der Waals surface area (Å²) in [7, 11) is 0. The molecule has 1 heterocycles. The van der Waals surface area contributed by atoms with Crippen molar-refractivity contribution in [1.29, 1.82) is 0 Å². The molecule has 0 spiro atoms. The first-order valence-electron chi connectivity index (χ1n) is 6.93. The zero-order valence-corrected chi connectivity index (χ0v) is 12.6. The first-order chi connectivity index (χ1) is 8.00. The molecule has 0 aromatic heterocycles. The van der Waals surface area contributed by atoms with E-state index in [1.54, 1.807) is 0 Å². The van der Waals surface area contributed by atoms with E-state index in [4.69, 9.17) is 0 Å². The zero-order chi connectivity index (χ0) is 12.5. The Bertz CT molecular complexity index is 290. The molecule has 0 radical (unpaired) electrons. The standard InChI is InChI=1S/C14H24BrNO/c1-14(2)8-4-3-7-12(14)13(17)16-9-5-6-11(15)10-16/h11-12H,3-10H2,1-2H3. The first-order valence-corrected chi connectivity index (χ1v) is 7.85. The van der Waals surface area contributed by atoms with Gasteiger partial charge >= 0.3 is 0 Å². The quantitative estimate of drug-likeness (QED) is 0.678. The molecule has 17 heavy (non-hydrogen) atoms. The Kier molecular flexibility index (Phi) is 4.17. The van der Waals surface area contributed by atoms with Gasteiger partial charge in [0.1, 0.15) is 0 Å². The number of rotatable bonds is 1. The van der Waals surface area contributed by atoms with Crippen molar-refractivity contribution >= 4 is 21.8 Å². The van der Waals surface area contributed by atoms with Crippen molar-refractivity contribution in [2.75, 3.05) is 13.1 Å². The average Bonchev–Trinajstić information content (AvgIpc) is 2.27. The number of hydrogen-bond acceptors (Lipinski definition) is 1. The Hall–Kier alpha value is -0.0500. The molecule has 2 atom stereocenters. The summed E-state index contributed by atoms with van der Waals surface area (Å²) in [4.78, 5) is 15.2. The van der Waals surface area contributed by atoms with Crippen molar-refractivity contribution in [2.24, 2.45) is 11.3 Å². The highest BCUT2D eigenvalue weighted by Crippen LogP contribution is 2.41. The molecule has 0 N–H and O–H groups in total. The molecule has 3 heteroatoms. The number of amides is 1. The summed E-state index contributed by atoms with van der Waals surface area (Å²) >= 11 is 3.66. The number of likely N-dealkylation sites (tertiary alicyclic amines) is 1. The van der Waals surface area contributed by atoms with Crippen LogP contribution in [0, 0.1) is 11.3 Å². The van der Waals surface area contributed by atoms with Crippen LogP contribution >= 0.6 is 15.9 Å². The SMILES string of the molecule is CC1(C)CCCCC1C(=O)N1CCCC(Br)C1. The maximum absolute atomic E-state index is 12.6. The lowest BCUT2D eigenvalue weighted by atomic mass is 9.68. The second-order valence-electron chi connectivity index (χ2n) is 6.31. The predicted octanol–water partition coefficient (Wildman–Crippen LogP) is 3.59. The Morgan fingerprint density at radius 3 is 2.65 bits per heavy atom. The molecule has 1 aliphatic carbocycles. The Labute approximate surface area is 113 Å². The van der Waals surface area contributed by atoms with Gasteiger partial charge in [0.25, 0.3) is 0 Å². The van der Waals surface area contributed by atoms with Gasteiger partial charge in [0.2, 0.25) is 5.91 Å². The fourth-order valence-electron chi connectivity index (χ4n) is 3.30. The lowest BCUT2D eigenvalue weighted by Crippen LogP contribution is -2.47. The van der Waals surface area contributed by atoms with Crippen molar-refractivity contribution in [2.45, 2.75) is 57.2 Å². The van der Waals surface area contributed by atoms with E-state index >= 15 is 0 Å². The van der Waals surface area contributed by atoms with Gasteiger partial charge in [-0.25, -0.2) is 0 Å². The van der Waals surface area contributed by atoms with Gasteiger partial charge in [-0.3, -0.25) is 4.79 Å². The van der Waals surface area contributed by atoms with E-state index in [-0.39, 0.29) is 11.3 Å². The van der Waals surface area contributed by atoms with Gasteiger partial charge < -0.3 is 4.90 Å². The number of carbonyl (C=O) groups is 1. The molecule has 1 amide bonds. The summed E-state index contributed by atoms with van der Waals surface area (Å²) in [6.07, 6.45) is 7.17. The fraction of sp³-hybridized carbons (Fsp3) is 0.929. The predicted molar refractivity (Wildman–Crippen MR) is 74.3 cm³/mol. The van der Waals surface area contributed by atoms with Gasteiger partial charge in [-0.05, 0) is 31.1 Å². The second kappa shape index (κ2) is 5.29. The van der Waals surface area contributed by atoms with Gasteiger partial charge in [-0.2, -0.15) is 0 Å².